The molecule has 2 heterocycles. The first-order chi connectivity index (χ1) is 18.9. The Bertz CT molecular complexity index is 1530. The molecule has 1 aliphatic carbocycles. The topological polar surface area (TPSA) is 81.7 Å². The molecule has 1 aliphatic rings. The van der Waals surface area contributed by atoms with Crippen molar-refractivity contribution in [3.05, 3.63) is 86.1 Å². The Labute approximate surface area is 236 Å². The summed E-state index contributed by atoms with van der Waals surface area (Å²) in [6.45, 7) is 6.02. The Balaban J connectivity index is 1.55. The molecule has 0 bridgehead atoms. The van der Waals surface area contributed by atoms with Gasteiger partial charge in [0.15, 0.2) is 0 Å². The number of anilines is 1. The standard InChI is InChI=1S/C31H31NO5S2/c1-4-36-30(34)21-10-8-12-24-25(21)26(31(35)37-5-2)29(39-24)32-28(33)27-22(17-19-15-13-18(3)14-16-19)20-9-6-7-11-23(20)38-27/h6-7,9,11,13-16,21H,4-5,8,10,12,17H2,1-3H3,(H,32,33). The fraction of sp³-hybridized carbons (Fsp3) is 0.323. The SMILES string of the molecule is CCOC(=O)c1c(NC(=O)c2sc3ccccc3c2Cc2ccc(C)cc2)sc2c1C(C(=O)OCC)CCC2. The molecule has 5 rings (SSSR count). The first kappa shape index (κ1) is 27.1. The minimum Gasteiger partial charge on any atom is -0.466 e. The zero-order valence-corrected chi connectivity index (χ0v) is 23.9. The molecule has 0 spiro atoms. The molecule has 0 aliphatic heterocycles. The van der Waals surface area contributed by atoms with Gasteiger partial charge < -0.3 is 14.8 Å². The smallest absolute Gasteiger partial charge is 0.341 e. The molecule has 39 heavy (non-hydrogen) atoms. The normalized spacial score (nSPS) is 14.6. The molecule has 2 aromatic carbocycles. The van der Waals surface area contributed by atoms with Crippen LogP contribution in [0.1, 0.15) is 79.8 Å². The van der Waals surface area contributed by atoms with E-state index in [9.17, 15) is 14.4 Å². The van der Waals surface area contributed by atoms with Crippen molar-refractivity contribution in [3.63, 3.8) is 0 Å². The van der Waals surface area contributed by atoms with Crippen molar-refractivity contribution in [1.29, 1.82) is 0 Å². The van der Waals surface area contributed by atoms with Crippen LogP contribution in [-0.2, 0) is 27.1 Å². The van der Waals surface area contributed by atoms with E-state index in [0.717, 1.165) is 38.9 Å². The molecular formula is C31H31NO5S2. The van der Waals surface area contributed by atoms with Gasteiger partial charge in [-0.1, -0.05) is 48.0 Å². The van der Waals surface area contributed by atoms with Crippen LogP contribution in [-0.4, -0.2) is 31.1 Å². The number of ether oxygens (including phenoxy) is 2. The largest absolute Gasteiger partial charge is 0.466 e. The summed E-state index contributed by atoms with van der Waals surface area (Å²) in [5.41, 5.74) is 4.19. The van der Waals surface area contributed by atoms with E-state index >= 15 is 0 Å². The third kappa shape index (κ3) is 5.49. The summed E-state index contributed by atoms with van der Waals surface area (Å²) >= 11 is 2.81. The van der Waals surface area contributed by atoms with E-state index in [1.165, 1.54) is 28.2 Å². The summed E-state index contributed by atoms with van der Waals surface area (Å²) in [7, 11) is 0. The number of amides is 1. The number of carbonyl (C=O) groups is 3. The van der Waals surface area contributed by atoms with Gasteiger partial charge in [-0.3, -0.25) is 9.59 Å². The van der Waals surface area contributed by atoms with Crippen molar-refractivity contribution in [3.8, 4) is 0 Å². The van der Waals surface area contributed by atoms with Gasteiger partial charge in [-0.2, -0.15) is 0 Å². The van der Waals surface area contributed by atoms with Crippen LogP contribution in [0.15, 0.2) is 48.5 Å². The van der Waals surface area contributed by atoms with Crippen molar-refractivity contribution >= 4 is 55.6 Å². The van der Waals surface area contributed by atoms with Crippen LogP contribution in [0.5, 0.6) is 0 Å². The van der Waals surface area contributed by atoms with Gasteiger partial charge in [-0.05, 0) is 74.6 Å². The number of hydrogen-bond acceptors (Lipinski definition) is 7. The lowest BCUT2D eigenvalue weighted by molar-refractivity contribution is -0.145. The number of hydrogen-bond donors (Lipinski definition) is 1. The zero-order valence-electron chi connectivity index (χ0n) is 22.3. The highest BCUT2D eigenvalue weighted by molar-refractivity contribution is 7.21. The summed E-state index contributed by atoms with van der Waals surface area (Å²) in [6, 6.07) is 16.3. The Hall–Kier alpha value is -3.49. The van der Waals surface area contributed by atoms with Crippen molar-refractivity contribution in [2.24, 2.45) is 0 Å². The summed E-state index contributed by atoms with van der Waals surface area (Å²) < 4.78 is 11.8. The fourth-order valence-electron chi connectivity index (χ4n) is 5.16. The van der Waals surface area contributed by atoms with Gasteiger partial charge in [0.2, 0.25) is 0 Å². The molecule has 202 valence electrons. The van der Waals surface area contributed by atoms with E-state index in [1.54, 1.807) is 13.8 Å². The lowest BCUT2D eigenvalue weighted by Gasteiger charge is -2.22. The van der Waals surface area contributed by atoms with E-state index in [0.29, 0.717) is 28.3 Å². The number of fused-ring (bicyclic) bond motifs is 2. The molecule has 0 fully saturated rings. The number of carbonyl (C=O) groups excluding carboxylic acids is 3. The third-order valence-corrected chi connectivity index (χ3v) is 9.34. The van der Waals surface area contributed by atoms with Gasteiger partial charge in [0.25, 0.3) is 5.91 Å². The third-order valence-electron chi connectivity index (χ3n) is 6.95. The van der Waals surface area contributed by atoms with Crippen LogP contribution in [0, 0.1) is 6.92 Å². The van der Waals surface area contributed by atoms with Crippen LogP contribution >= 0.6 is 22.7 Å². The van der Waals surface area contributed by atoms with E-state index in [1.807, 2.05) is 24.3 Å². The zero-order chi connectivity index (χ0) is 27.5. The first-order valence-electron chi connectivity index (χ1n) is 13.3. The molecule has 0 radical (unpaired) electrons. The van der Waals surface area contributed by atoms with Gasteiger partial charge >= 0.3 is 11.9 Å². The highest BCUT2D eigenvalue weighted by Gasteiger charge is 2.37. The van der Waals surface area contributed by atoms with Crippen molar-refractivity contribution in [2.45, 2.75) is 52.4 Å². The Morgan fingerprint density at radius 3 is 2.46 bits per heavy atom. The highest BCUT2D eigenvalue weighted by Crippen LogP contribution is 2.45. The maximum atomic E-state index is 13.9. The van der Waals surface area contributed by atoms with E-state index in [2.05, 4.69) is 36.5 Å². The quantitative estimate of drug-likeness (QED) is 0.229. The summed E-state index contributed by atoms with van der Waals surface area (Å²) in [5, 5.41) is 4.53. The molecule has 1 amide bonds. The molecule has 4 aromatic rings. The van der Waals surface area contributed by atoms with Crippen LogP contribution < -0.4 is 5.32 Å². The van der Waals surface area contributed by atoms with Crippen LogP contribution in [0.4, 0.5) is 5.00 Å². The summed E-state index contributed by atoms with van der Waals surface area (Å²) in [5.74, 6) is -1.69. The number of rotatable bonds is 8. The number of aryl methyl sites for hydroxylation is 2. The summed E-state index contributed by atoms with van der Waals surface area (Å²) in [4.78, 5) is 41.4. The number of nitrogens with one attached hydrogen (secondary N) is 1. The molecule has 0 saturated carbocycles. The van der Waals surface area contributed by atoms with E-state index < -0.39 is 11.9 Å². The Kier molecular flexibility index (Phi) is 8.14. The maximum absolute atomic E-state index is 13.9. The first-order valence-corrected chi connectivity index (χ1v) is 14.9. The second kappa shape index (κ2) is 11.7. The second-order valence-electron chi connectivity index (χ2n) is 9.58. The lowest BCUT2D eigenvalue weighted by Crippen LogP contribution is -2.23. The van der Waals surface area contributed by atoms with Crippen molar-refractivity contribution < 1.29 is 23.9 Å². The highest BCUT2D eigenvalue weighted by atomic mass is 32.1. The van der Waals surface area contributed by atoms with Crippen LogP contribution in [0.2, 0.25) is 0 Å². The van der Waals surface area contributed by atoms with Gasteiger partial charge in [-0.15, -0.1) is 22.7 Å². The molecule has 1 N–H and O–H groups in total. The number of benzene rings is 2. The molecule has 1 atom stereocenters. The van der Waals surface area contributed by atoms with Crippen LogP contribution in [0.25, 0.3) is 10.1 Å². The fourth-order valence-corrected chi connectivity index (χ4v) is 7.56. The second-order valence-corrected chi connectivity index (χ2v) is 11.7. The van der Waals surface area contributed by atoms with E-state index in [-0.39, 0.29) is 30.7 Å². The van der Waals surface area contributed by atoms with Gasteiger partial charge in [-0.25, -0.2) is 4.79 Å². The molecule has 1 unspecified atom stereocenters. The van der Waals surface area contributed by atoms with Gasteiger partial charge in [0.05, 0.1) is 29.6 Å². The summed E-state index contributed by atoms with van der Waals surface area (Å²) in [6.07, 6.45) is 2.76. The van der Waals surface area contributed by atoms with Crippen molar-refractivity contribution in [2.75, 3.05) is 18.5 Å². The van der Waals surface area contributed by atoms with E-state index in [4.69, 9.17) is 9.47 Å². The minimum absolute atomic E-state index is 0.192. The number of esters is 2. The van der Waals surface area contributed by atoms with Gasteiger partial charge in [0, 0.05) is 9.58 Å². The molecule has 8 heteroatoms. The monoisotopic (exact) mass is 561 g/mol. The van der Waals surface area contributed by atoms with Crippen LogP contribution in [0.3, 0.4) is 0 Å². The van der Waals surface area contributed by atoms with Gasteiger partial charge in [0.1, 0.15) is 5.00 Å². The average Bonchev–Trinajstić information content (AvgIpc) is 3.48. The molecular weight excluding hydrogens is 530 g/mol. The Morgan fingerprint density at radius 1 is 0.974 bits per heavy atom. The predicted octanol–water partition coefficient (Wildman–Crippen LogP) is 7.27. The number of thiophene rings is 2. The van der Waals surface area contributed by atoms with Crippen molar-refractivity contribution in [1.82, 2.24) is 0 Å². The molecule has 0 saturated heterocycles. The lowest BCUT2D eigenvalue weighted by atomic mass is 9.85. The predicted molar refractivity (Wildman–Crippen MR) is 156 cm³/mol. The molecule has 6 nitrogen and oxygen atoms in total. The maximum Gasteiger partial charge on any atom is 0.341 e. The average molecular weight is 562 g/mol. The Morgan fingerprint density at radius 2 is 1.72 bits per heavy atom. The molecule has 2 aromatic heterocycles. The minimum atomic E-state index is -0.545.